The number of benzene rings is 1. The largest absolute Gasteiger partial charge is 0.478 e. The molecule has 0 aliphatic rings. The molecule has 23 heavy (non-hydrogen) atoms. The van der Waals surface area contributed by atoms with Gasteiger partial charge < -0.3 is 20.3 Å². The summed E-state index contributed by atoms with van der Waals surface area (Å²) in [7, 11) is 0. The topological polar surface area (TPSA) is 113 Å². The molecule has 1 amide bonds. The number of nitrogens with one attached hydrogen (secondary N) is 1. The van der Waals surface area contributed by atoms with Gasteiger partial charge in [0.1, 0.15) is 5.60 Å². The molecule has 7 heteroatoms. The van der Waals surface area contributed by atoms with Crippen LogP contribution in [0.1, 0.15) is 33.3 Å². The maximum Gasteiger partial charge on any atom is 0.408 e. The molecule has 1 rings (SSSR count). The van der Waals surface area contributed by atoms with Crippen LogP contribution in [-0.2, 0) is 19.9 Å². The minimum atomic E-state index is -2.75. The van der Waals surface area contributed by atoms with Gasteiger partial charge in [0.25, 0.3) is 0 Å². The highest BCUT2D eigenvalue weighted by atomic mass is 16.6. The minimum Gasteiger partial charge on any atom is -0.478 e. The number of carbonyl (C=O) groups excluding carboxylic acids is 2. The highest BCUT2D eigenvalue weighted by molar-refractivity contribution is 6.09. The monoisotopic (exact) mass is 323 g/mol. The molecule has 0 aromatic heterocycles. The van der Waals surface area contributed by atoms with Crippen molar-refractivity contribution in [2.45, 2.75) is 44.9 Å². The maximum absolute atomic E-state index is 12.4. The summed E-state index contributed by atoms with van der Waals surface area (Å²) in [5.74, 6) is -2.78. The van der Waals surface area contributed by atoms with Crippen molar-refractivity contribution in [3.05, 3.63) is 35.9 Å². The van der Waals surface area contributed by atoms with E-state index in [-0.39, 0.29) is 5.56 Å². The quantitative estimate of drug-likeness (QED) is 0.707. The summed E-state index contributed by atoms with van der Waals surface area (Å²) in [6.07, 6.45) is -0.876. The number of aliphatic hydroxyl groups is 1. The lowest BCUT2D eigenvalue weighted by Gasteiger charge is -2.27. The van der Waals surface area contributed by atoms with E-state index in [0.717, 1.165) is 0 Å². The van der Waals surface area contributed by atoms with Crippen molar-refractivity contribution in [1.29, 1.82) is 0 Å². The van der Waals surface area contributed by atoms with Crippen LogP contribution in [0.4, 0.5) is 4.79 Å². The van der Waals surface area contributed by atoms with Gasteiger partial charge in [-0.3, -0.25) is 4.79 Å². The number of carboxylic acid groups (broad SMARTS) is 1. The standard InChI is InChI=1S/C16H21NO6/c1-10(17-14(21)23-15(2,3)4)12(18)16(22,13(19)20)11-8-6-5-7-9-11/h5-10,22H,1-4H3,(H,17,21)(H,19,20)/t10-,16-/m0/s1. The zero-order valence-electron chi connectivity index (χ0n) is 13.5. The van der Waals surface area contributed by atoms with Crippen molar-refractivity contribution in [1.82, 2.24) is 5.32 Å². The molecule has 0 spiro atoms. The zero-order chi connectivity index (χ0) is 17.8. The van der Waals surface area contributed by atoms with E-state index < -0.39 is 35.1 Å². The lowest BCUT2D eigenvalue weighted by Crippen LogP contribution is -2.53. The minimum absolute atomic E-state index is 0.0876. The normalized spacial score (nSPS) is 15.2. The fourth-order valence-corrected chi connectivity index (χ4v) is 1.91. The number of hydrogen-bond acceptors (Lipinski definition) is 5. The molecule has 0 unspecified atom stereocenters. The summed E-state index contributed by atoms with van der Waals surface area (Å²) in [6.45, 7) is 6.23. The molecular weight excluding hydrogens is 302 g/mol. The Morgan fingerprint density at radius 2 is 1.65 bits per heavy atom. The summed E-state index contributed by atoms with van der Waals surface area (Å²) in [4.78, 5) is 35.6. The summed E-state index contributed by atoms with van der Waals surface area (Å²) in [5.41, 5.74) is -3.61. The maximum atomic E-state index is 12.4. The molecule has 7 nitrogen and oxygen atoms in total. The summed E-state index contributed by atoms with van der Waals surface area (Å²) in [5, 5.41) is 21.9. The average Bonchev–Trinajstić information content (AvgIpc) is 2.44. The predicted molar refractivity (Wildman–Crippen MR) is 81.8 cm³/mol. The molecule has 0 saturated carbocycles. The molecule has 126 valence electrons. The van der Waals surface area contributed by atoms with Gasteiger partial charge in [-0.15, -0.1) is 0 Å². The van der Waals surface area contributed by atoms with E-state index in [9.17, 15) is 24.6 Å². The molecular formula is C16H21NO6. The van der Waals surface area contributed by atoms with Crippen LogP contribution < -0.4 is 5.32 Å². The second kappa shape index (κ2) is 6.78. The van der Waals surface area contributed by atoms with Gasteiger partial charge in [0.15, 0.2) is 0 Å². The van der Waals surface area contributed by atoms with Crippen LogP contribution in [0.15, 0.2) is 30.3 Å². The number of alkyl carbamates (subject to hydrolysis) is 1. The van der Waals surface area contributed by atoms with Crippen molar-refractivity contribution in [2.75, 3.05) is 0 Å². The summed E-state index contributed by atoms with van der Waals surface area (Å²) < 4.78 is 5.01. The SMILES string of the molecule is C[C@H](NC(=O)OC(C)(C)C)C(=O)[C@](O)(C(=O)O)c1ccccc1. The van der Waals surface area contributed by atoms with Crippen LogP contribution >= 0.6 is 0 Å². The molecule has 0 aliphatic heterocycles. The third-order valence-electron chi connectivity index (χ3n) is 2.98. The number of Topliss-reactive ketones (excluding diaryl/α,β-unsaturated/α-hetero) is 1. The summed E-state index contributed by atoms with van der Waals surface area (Å²) >= 11 is 0. The Kier molecular flexibility index (Phi) is 5.50. The van der Waals surface area contributed by atoms with Crippen LogP contribution in [0.25, 0.3) is 0 Å². The third-order valence-corrected chi connectivity index (χ3v) is 2.98. The van der Waals surface area contributed by atoms with Crippen LogP contribution in [0.2, 0.25) is 0 Å². The molecule has 3 N–H and O–H groups in total. The molecule has 0 saturated heterocycles. The number of rotatable bonds is 5. The number of aliphatic carboxylic acids is 1. The van der Waals surface area contributed by atoms with Gasteiger partial charge in [-0.2, -0.15) is 0 Å². The fraction of sp³-hybridized carbons (Fsp3) is 0.438. The van der Waals surface area contributed by atoms with Crippen LogP contribution in [0, 0.1) is 0 Å². The average molecular weight is 323 g/mol. The van der Waals surface area contributed by atoms with Crippen molar-refractivity contribution in [3.8, 4) is 0 Å². The highest BCUT2D eigenvalue weighted by Gasteiger charge is 2.48. The van der Waals surface area contributed by atoms with Crippen molar-refractivity contribution in [3.63, 3.8) is 0 Å². The third kappa shape index (κ3) is 4.53. The first kappa shape index (κ1) is 18.6. The van der Waals surface area contributed by atoms with E-state index in [4.69, 9.17) is 4.74 Å². The molecule has 0 aliphatic carbocycles. The lowest BCUT2D eigenvalue weighted by atomic mass is 9.86. The Bertz CT molecular complexity index is 592. The van der Waals surface area contributed by atoms with Gasteiger partial charge in [0, 0.05) is 5.56 Å². The van der Waals surface area contributed by atoms with E-state index in [1.807, 2.05) is 0 Å². The Hall–Kier alpha value is -2.41. The first-order valence-electron chi connectivity index (χ1n) is 7.03. The van der Waals surface area contributed by atoms with E-state index >= 15 is 0 Å². The molecule has 2 atom stereocenters. The summed E-state index contributed by atoms with van der Waals surface area (Å²) in [6, 6.07) is 6.02. The van der Waals surface area contributed by atoms with Gasteiger partial charge >= 0.3 is 12.1 Å². The highest BCUT2D eigenvalue weighted by Crippen LogP contribution is 2.24. The van der Waals surface area contributed by atoms with E-state index in [0.29, 0.717) is 0 Å². The Balaban J connectivity index is 2.99. The van der Waals surface area contributed by atoms with Crippen molar-refractivity contribution in [2.24, 2.45) is 0 Å². The molecule has 0 bridgehead atoms. The lowest BCUT2D eigenvalue weighted by molar-refractivity contribution is -0.167. The van der Waals surface area contributed by atoms with Gasteiger partial charge in [0.05, 0.1) is 6.04 Å². The van der Waals surface area contributed by atoms with E-state index in [2.05, 4.69) is 5.32 Å². The van der Waals surface area contributed by atoms with E-state index in [1.165, 1.54) is 31.2 Å². The number of ketones is 1. The van der Waals surface area contributed by atoms with Crippen LogP contribution in [0.3, 0.4) is 0 Å². The second-order valence-electron chi connectivity index (χ2n) is 6.11. The van der Waals surface area contributed by atoms with Gasteiger partial charge in [-0.25, -0.2) is 9.59 Å². The Morgan fingerprint density at radius 1 is 1.13 bits per heavy atom. The number of hydrogen-bond donors (Lipinski definition) is 3. The molecule has 0 heterocycles. The fourth-order valence-electron chi connectivity index (χ4n) is 1.91. The first-order chi connectivity index (χ1) is 10.5. The molecule has 1 aromatic rings. The van der Waals surface area contributed by atoms with Gasteiger partial charge in [0.2, 0.25) is 11.4 Å². The van der Waals surface area contributed by atoms with Gasteiger partial charge in [-0.05, 0) is 27.7 Å². The molecule has 1 aromatic carbocycles. The zero-order valence-corrected chi connectivity index (χ0v) is 13.5. The van der Waals surface area contributed by atoms with Crippen LogP contribution in [0.5, 0.6) is 0 Å². The first-order valence-corrected chi connectivity index (χ1v) is 7.03. The molecule has 0 fully saturated rings. The number of ether oxygens (including phenoxy) is 1. The number of carbonyl (C=O) groups is 3. The number of amides is 1. The van der Waals surface area contributed by atoms with Gasteiger partial charge in [-0.1, -0.05) is 30.3 Å². The molecule has 0 radical (unpaired) electrons. The van der Waals surface area contributed by atoms with Crippen LogP contribution in [-0.4, -0.2) is 39.7 Å². The number of carboxylic acids is 1. The Labute approximate surface area is 134 Å². The van der Waals surface area contributed by atoms with Crippen molar-refractivity contribution < 1.29 is 29.3 Å². The second-order valence-corrected chi connectivity index (χ2v) is 6.11. The smallest absolute Gasteiger partial charge is 0.408 e. The van der Waals surface area contributed by atoms with E-state index in [1.54, 1.807) is 26.8 Å². The van der Waals surface area contributed by atoms with Crippen molar-refractivity contribution >= 4 is 17.8 Å². The predicted octanol–water partition coefficient (Wildman–Crippen LogP) is 1.44. The Morgan fingerprint density at radius 3 is 2.09 bits per heavy atom.